The van der Waals surface area contributed by atoms with Crippen molar-refractivity contribution in [1.82, 2.24) is 0 Å². The van der Waals surface area contributed by atoms with Gasteiger partial charge in [-0.05, 0) is 36.8 Å². The second kappa shape index (κ2) is 9.14. The summed E-state index contributed by atoms with van der Waals surface area (Å²) in [5.41, 5.74) is 7.78. The van der Waals surface area contributed by atoms with Gasteiger partial charge in [-0.1, -0.05) is 94.3 Å². The molecule has 2 heteroatoms. The van der Waals surface area contributed by atoms with Crippen molar-refractivity contribution >= 4 is 5.78 Å². The largest absolute Gasteiger partial charge is 0.315 e. The van der Waals surface area contributed by atoms with E-state index in [9.17, 15) is 4.79 Å². The summed E-state index contributed by atoms with van der Waals surface area (Å²) in [4.78, 5) is 13.3. The summed E-state index contributed by atoms with van der Waals surface area (Å²) in [5, 5.41) is 0. The summed E-state index contributed by atoms with van der Waals surface area (Å²) in [6.45, 7) is 6.08. The summed E-state index contributed by atoms with van der Waals surface area (Å²) in [5.74, 6) is 0.154. The molecular formula is C24H33NO. The highest BCUT2D eigenvalue weighted by molar-refractivity contribution is 5.93. The molecule has 0 amide bonds. The predicted octanol–water partition coefficient (Wildman–Crippen LogP) is 5.65. The molecule has 2 N–H and O–H groups in total. The van der Waals surface area contributed by atoms with Crippen LogP contribution in [-0.2, 0) is 16.8 Å². The van der Waals surface area contributed by atoms with E-state index < -0.39 is 11.0 Å². The zero-order valence-electron chi connectivity index (χ0n) is 16.5. The lowest BCUT2D eigenvalue weighted by atomic mass is 9.70. The lowest BCUT2D eigenvalue weighted by Gasteiger charge is -2.36. The van der Waals surface area contributed by atoms with Crippen LogP contribution < -0.4 is 5.73 Å². The molecule has 0 saturated heterocycles. The van der Waals surface area contributed by atoms with Crippen LogP contribution in [0.2, 0.25) is 0 Å². The maximum atomic E-state index is 13.3. The highest BCUT2D eigenvalue weighted by Gasteiger charge is 2.42. The van der Waals surface area contributed by atoms with Crippen LogP contribution in [0.25, 0.3) is 0 Å². The first-order chi connectivity index (χ1) is 12.4. The Kier molecular flexibility index (Phi) is 7.16. The summed E-state index contributed by atoms with van der Waals surface area (Å²) < 4.78 is 0. The first-order valence-corrected chi connectivity index (χ1v) is 9.83. The van der Waals surface area contributed by atoms with Gasteiger partial charge >= 0.3 is 0 Å². The number of carbonyl (C=O) groups is 1. The number of hydrogen-bond acceptors (Lipinski definition) is 2. The summed E-state index contributed by atoms with van der Waals surface area (Å²) in [7, 11) is 0. The number of nitrogens with two attached hydrogens (primary N) is 1. The second-order valence-electron chi connectivity index (χ2n) is 7.95. The molecule has 140 valence electrons. The predicted molar refractivity (Wildman–Crippen MR) is 110 cm³/mol. The van der Waals surface area contributed by atoms with Crippen molar-refractivity contribution in [2.45, 2.75) is 64.8 Å². The Bertz CT molecular complexity index is 678. The van der Waals surface area contributed by atoms with Gasteiger partial charge in [0.25, 0.3) is 0 Å². The molecule has 26 heavy (non-hydrogen) atoms. The normalized spacial score (nSPS) is 14.0. The van der Waals surface area contributed by atoms with Crippen molar-refractivity contribution in [1.29, 1.82) is 0 Å². The summed E-state index contributed by atoms with van der Waals surface area (Å²) in [6.07, 6.45) is 5.75. The molecule has 0 aliphatic heterocycles. The average molecular weight is 352 g/mol. The van der Waals surface area contributed by atoms with Gasteiger partial charge in [-0.2, -0.15) is 0 Å². The van der Waals surface area contributed by atoms with E-state index in [-0.39, 0.29) is 5.78 Å². The van der Waals surface area contributed by atoms with Crippen LogP contribution in [0.1, 0.15) is 64.0 Å². The van der Waals surface area contributed by atoms with Gasteiger partial charge in [0, 0.05) is 5.41 Å². The monoisotopic (exact) mass is 351 g/mol. The van der Waals surface area contributed by atoms with E-state index in [1.54, 1.807) is 0 Å². The van der Waals surface area contributed by atoms with Gasteiger partial charge in [0.05, 0.1) is 0 Å². The third-order valence-corrected chi connectivity index (χ3v) is 5.57. The fraction of sp³-hybridized carbons (Fsp3) is 0.458. The van der Waals surface area contributed by atoms with Crippen LogP contribution >= 0.6 is 0 Å². The number of ketones is 1. The average Bonchev–Trinajstić information content (AvgIpc) is 2.68. The number of carbonyl (C=O) groups excluding carboxylic acids is 1. The molecular weight excluding hydrogens is 318 g/mol. The molecule has 0 radical (unpaired) electrons. The molecule has 0 saturated carbocycles. The van der Waals surface area contributed by atoms with Crippen LogP contribution in [0.4, 0.5) is 0 Å². The Morgan fingerprint density at radius 1 is 0.885 bits per heavy atom. The second-order valence-corrected chi connectivity index (χ2v) is 7.95. The van der Waals surface area contributed by atoms with Gasteiger partial charge in [-0.3, -0.25) is 4.79 Å². The zero-order valence-corrected chi connectivity index (χ0v) is 16.5. The van der Waals surface area contributed by atoms with E-state index >= 15 is 0 Å². The zero-order chi connectivity index (χ0) is 19.0. The Balaban J connectivity index is 2.02. The molecule has 2 aromatic rings. The quantitative estimate of drug-likeness (QED) is 0.562. The third-order valence-electron chi connectivity index (χ3n) is 5.57. The molecule has 2 aromatic carbocycles. The van der Waals surface area contributed by atoms with Crippen molar-refractivity contribution in [3.8, 4) is 0 Å². The van der Waals surface area contributed by atoms with E-state index in [0.29, 0.717) is 6.42 Å². The SMILES string of the molecule is CCC(C)(C)C(=O)C(N)(CCCCCc1ccccc1)c1ccccc1. The van der Waals surface area contributed by atoms with Gasteiger partial charge in [-0.25, -0.2) is 0 Å². The number of unbranched alkanes of at least 4 members (excludes halogenated alkanes) is 2. The number of rotatable bonds is 10. The lowest BCUT2D eigenvalue weighted by Crippen LogP contribution is -2.50. The van der Waals surface area contributed by atoms with Crippen LogP contribution in [-0.4, -0.2) is 5.78 Å². The summed E-state index contributed by atoms with van der Waals surface area (Å²) >= 11 is 0. The van der Waals surface area contributed by atoms with E-state index in [0.717, 1.165) is 37.7 Å². The van der Waals surface area contributed by atoms with Gasteiger partial charge in [0.2, 0.25) is 0 Å². The van der Waals surface area contributed by atoms with Gasteiger partial charge < -0.3 is 5.73 Å². The smallest absolute Gasteiger partial charge is 0.162 e. The Morgan fingerprint density at radius 3 is 2.04 bits per heavy atom. The Morgan fingerprint density at radius 2 is 1.46 bits per heavy atom. The molecule has 2 rings (SSSR count). The van der Waals surface area contributed by atoms with Gasteiger partial charge in [0.1, 0.15) is 5.54 Å². The number of benzene rings is 2. The lowest BCUT2D eigenvalue weighted by molar-refractivity contribution is -0.133. The first-order valence-electron chi connectivity index (χ1n) is 9.83. The molecule has 0 fully saturated rings. The Hall–Kier alpha value is -1.93. The van der Waals surface area contributed by atoms with Crippen LogP contribution in [0.15, 0.2) is 60.7 Å². The highest BCUT2D eigenvalue weighted by atomic mass is 16.1. The van der Waals surface area contributed by atoms with Crippen molar-refractivity contribution < 1.29 is 4.79 Å². The third kappa shape index (κ3) is 5.04. The van der Waals surface area contributed by atoms with E-state index in [2.05, 4.69) is 31.2 Å². The first kappa shape index (κ1) is 20.4. The van der Waals surface area contributed by atoms with Crippen molar-refractivity contribution in [3.05, 3.63) is 71.8 Å². The molecule has 0 aliphatic rings. The van der Waals surface area contributed by atoms with E-state index in [1.165, 1.54) is 5.56 Å². The van der Waals surface area contributed by atoms with Gasteiger partial charge in [0.15, 0.2) is 5.78 Å². The number of Topliss-reactive ketones (excluding diaryl/α,β-unsaturated/α-hetero) is 1. The number of hydrogen-bond donors (Lipinski definition) is 1. The summed E-state index contributed by atoms with van der Waals surface area (Å²) in [6, 6.07) is 20.5. The molecule has 2 nitrogen and oxygen atoms in total. The molecule has 0 bridgehead atoms. The fourth-order valence-electron chi connectivity index (χ4n) is 3.44. The van der Waals surface area contributed by atoms with Crippen molar-refractivity contribution in [2.24, 2.45) is 11.1 Å². The molecule has 0 spiro atoms. The van der Waals surface area contributed by atoms with Crippen LogP contribution in [0.3, 0.4) is 0 Å². The highest BCUT2D eigenvalue weighted by Crippen LogP contribution is 2.35. The number of aryl methyl sites for hydroxylation is 1. The van der Waals surface area contributed by atoms with Crippen LogP contribution in [0.5, 0.6) is 0 Å². The Labute approximate surface area is 158 Å². The van der Waals surface area contributed by atoms with E-state index in [1.807, 2.05) is 50.2 Å². The molecule has 0 aliphatic carbocycles. The minimum Gasteiger partial charge on any atom is -0.315 e. The van der Waals surface area contributed by atoms with Gasteiger partial charge in [-0.15, -0.1) is 0 Å². The fourth-order valence-corrected chi connectivity index (χ4v) is 3.44. The van der Waals surface area contributed by atoms with Crippen LogP contribution in [0, 0.1) is 5.41 Å². The molecule has 1 atom stereocenters. The maximum absolute atomic E-state index is 13.3. The van der Waals surface area contributed by atoms with E-state index in [4.69, 9.17) is 5.73 Å². The molecule has 0 heterocycles. The maximum Gasteiger partial charge on any atom is 0.162 e. The van der Waals surface area contributed by atoms with Crippen molar-refractivity contribution in [3.63, 3.8) is 0 Å². The topological polar surface area (TPSA) is 43.1 Å². The molecule has 1 unspecified atom stereocenters. The molecule has 0 aromatic heterocycles. The minimum atomic E-state index is -0.895. The standard InChI is InChI=1S/C24H33NO/c1-4-23(2,3)22(26)24(25,21-17-11-6-12-18-21)19-13-7-10-16-20-14-8-5-9-15-20/h5-6,8-9,11-12,14-15,17-18H,4,7,10,13,16,19,25H2,1-3H3. The minimum absolute atomic E-state index is 0.154. The van der Waals surface area contributed by atoms with Crippen molar-refractivity contribution in [2.75, 3.05) is 0 Å².